The van der Waals surface area contributed by atoms with Crippen molar-refractivity contribution in [2.45, 2.75) is 0 Å². The third-order valence-corrected chi connectivity index (χ3v) is 4.27. The maximum Gasteiger partial charge on any atom is 0.270 e. The summed E-state index contributed by atoms with van der Waals surface area (Å²) in [4.78, 5) is 24.7. The lowest BCUT2D eigenvalue weighted by molar-refractivity contribution is -0.384. The highest BCUT2D eigenvalue weighted by atomic mass is 127. The average molecular weight is 446 g/mol. The normalized spacial score (nSPS) is 10.3. The number of hydrogen-bond donors (Lipinski definition) is 1. The Hall–Kier alpha value is -1.87. The summed E-state index contributed by atoms with van der Waals surface area (Å²) in [6.07, 6.45) is 0. The summed E-state index contributed by atoms with van der Waals surface area (Å²) in [6, 6.07) is 9.32. The van der Waals surface area contributed by atoms with Gasteiger partial charge in [-0.3, -0.25) is 14.9 Å². The van der Waals surface area contributed by atoms with Crippen LogP contribution in [0.15, 0.2) is 36.4 Å². The average Bonchev–Trinajstić information content (AvgIpc) is 2.46. The third kappa shape index (κ3) is 4.11. The van der Waals surface area contributed by atoms with Gasteiger partial charge in [-0.1, -0.05) is 11.6 Å². The molecule has 8 heteroatoms. The summed E-state index contributed by atoms with van der Waals surface area (Å²) >= 11 is 7.96. The van der Waals surface area contributed by atoms with Crippen LogP contribution in [-0.4, -0.2) is 24.9 Å². The van der Waals surface area contributed by atoms with E-state index in [1.807, 2.05) is 41.6 Å². The van der Waals surface area contributed by atoms with Gasteiger partial charge in [0.25, 0.3) is 11.6 Å². The van der Waals surface area contributed by atoms with Gasteiger partial charge in [0.2, 0.25) is 0 Å². The summed E-state index contributed by atoms with van der Waals surface area (Å²) in [5.41, 5.74) is 1.43. The van der Waals surface area contributed by atoms with Gasteiger partial charge in [0.05, 0.1) is 21.9 Å². The van der Waals surface area contributed by atoms with Crippen LogP contribution in [0.1, 0.15) is 10.4 Å². The van der Waals surface area contributed by atoms with Crippen molar-refractivity contribution >= 4 is 57.2 Å². The third-order valence-electron chi connectivity index (χ3n) is 3.09. The smallest absolute Gasteiger partial charge is 0.270 e. The number of halogens is 2. The van der Waals surface area contributed by atoms with Gasteiger partial charge in [0, 0.05) is 34.8 Å². The van der Waals surface area contributed by atoms with Gasteiger partial charge in [-0.25, -0.2) is 0 Å². The number of benzene rings is 2. The van der Waals surface area contributed by atoms with Crippen LogP contribution in [0, 0.1) is 13.7 Å². The summed E-state index contributed by atoms with van der Waals surface area (Å²) < 4.78 is 0.624. The first-order chi connectivity index (χ1) is 10.8. The van der Waals surface area contributed by atoms with Crippen LogP contribution in [0.25, 0.3) is 0 Å². The highest BCUT2D eigenvalue weighted by Crippen LogP contribution is 2.29. The number of nitrogens with zero attached hydrogens (tertiary/aromatic N) is 2. The molecule has 0 aliphatic carbocycles. The summed E-state index contributed by atoms with van der Waals surface area (Å²) in [5.74, 6) is -0.427. The lowest BCUT2D eigenvalue weighted by atomic mass is 10.1. The fourth-order valence-corrected chi connectivity index (χ4v) is 2.74. The Labute approximate surface area is 151 Å². The Morgan fingerprint density at radius 1 is 1.26 bits per heavy atom. The minimum atomic E-state index is -0.530. The first-order valence-corrected chi connectivity index (χ1v) is 7.97. The van der Waals surface area contributed by atoms with Gasteiger partial charge in [-0.2, -0.15) is 0 Å². The molecule has 2 aromatic rings. The molecule has 0 aromatic heterocycles. The first kappa shape index (κ1) is 17.5. The van der Waals surface area contributed by atoms with Crippen molar-refractivity contribution in [2.75, 3.05) is 24.3 Å². The number of nitrogens with one attached hydrogen (secondary N) is 1. The molecule has 0 radical (unpaired) electrons. The van der Waals surface area contributed by atoms with E-state index >= 15 is 0 Å². The van der Waals surface area contributed by atoms with Gasteiger partial charge in [-0.15, -0.1) is 0 Å². The second-order valence-corrected chi connectivity index (χ2v) is 6.53. The molecule has 1 N–H and O–H groups in total. The molecule has 0 bridgehead atoms. The second kappa shape index (κ2) is 7.14. The Balaban J connectivity index is 2.38. The predicted molar refractivity (Wildman–Crippen MR) is 99.5 cm³/mol. The zero-order valence-electron chi connectivity index (χ0n) is 12.3. The summed E-state index contributed by atoms with van der Waals surface area (Å²) in [5, 5.41) is 14.1. The molecule has 0 spiro atoms. The maximum atomic E-state index is 12.5. The molecule has 0 atom stereocenters. The van der Waals surface area contributed by atoms with E-state index in [4.69, 9.17) is 11.6 Å². The molecule has 0 aliphatic heterocycles. The molecule has 6 nitrogen and oxygen atoms in total. The summed E-state index contributed by atoms with van der Waals surface area (Å²) in [7, 11) is 3.69. The number of hydrogen-bond acceptors (Lipinski definition) is 4. The van der Waals surface area contributed by atoms with Crippen LogP contribution in [-0.2, 0) is 0 Å². The minimum absolute atomic E-state index is 0.130. The van der Waals surface area contributed by atoms with E-state index in [0.717, 1.165) is 5.69 Å². The molecular weight excluding hydrogens is 433 g/mol. The van der Waals surface area contributed by atoms with Crippen molar-refractivity contribution in [3.8, 4) is 0 Å². The zero-order chi connectivity index (χ0) is 17.1. The molecule has 0 fully saturated rings. The Morgan fingerprint density at radius 2 is 1.96 bits per heavy atom. The fraction of sp³-hybridized carbons (Fsp3) is 0.133. The van der Waals surface area contributed by atoms with Crippen molar-refractivity contribution in [3.05, 3.63) is 60.7 Å². The van der Waals surface area contributed by atoms with Crippen LogP contribution < -0.4 is 10.2 Å². The van der Waals surface area contributed by atoms with Gasteiger partial charge < -0.3 is 10.2 Å². The van der Waals surface area contributed by atoms with Crippen LogP contribution in [0.4, 0.5) is 17.1 Å². The Kier molecular flexibility index (Phi) is 5.42. The van der Waals surface area contributed by atoms with E-state index in [9.17, 15) is 14.9 Å². The standard InChI is InChI=1S/C15H13ClIN3O3/c1-19(2)14-6-3-9(16)7-13(14)18-15(21)11-8-10(20(22)23)4-5-12(11)17/h3-8H,1-2H3,(H,18,21). The van der Waals surface area contributed by atoms with Crippen LogP contribution in [0.2, 0.25) is 5.02 Å². The van der Waals surface area contributed by atoms with Crippen molar-refractivity contribution < 1.29 is 9.72 Å². The molecule has 1 amide bonds. The highest BCUT2D eigenvalue weighted by Gasteiger charge is 2.17. The number of carbonyl (C=O) groups is 1. The van der Waals surface area contributed by atoms with E-state index in [1.54, 1.807) is 24.3 Å². The van der Waals surface area contributed by atoms with Gasteiger partial charge in [-0.05, 0) is 46.9 Å². The minimum Gasteiger partial charge on any atom is -0.376 e. The maximum absolute atomic E-state index is 12.5. The molecular formula is C15H13ClIN3O3. The molecule has 23 heavy (non-hydrogen) atoms. The number of carbonyl (C=O) groups excluding carboxylic acids is 1. The van der Waals surface area contributed by atoms with Gasteiger partial charge in [0.1, 0.15) is 0 Å². The van der Waals surface area contributed by atoms with E-state index in [0.29, 0.717) is 14.3 Å². The molecule has 2 aromatic carbocycles. The van der Waals surface area contributed by atoms with Crippen molar-refractivity contribution in [2.24, 2.45) is 0 Å². The lowest BCUT2D eigenvalue weighted by Gasteiger charge is -2.18. The van der Waals surface area contributed by atoms with Gasteiger partial charge >= 0.3 is 0 Å². The van der Waals surface area contributed by atoms with E-state index in [2.05, 4.69) is 5.32 Å². The lowest BCUT2D eigenvalue weighted by Crippen LogP contribution is -2.17. The predicted octanol–water partition coefficient (Wildman–Crippen LogP) is 4.17. The van der Waals surface area contributed by atoms with Crippen LogP contribution in [0.3, 0.4) is 0 Å². The topological polar surface area (TPSA) is 75.5 Å². The Bertz CT molecular complexity index is 781. The largest absolute Gasteiger partial charge is 0.376 e. The monoisotopic (exact) mass is 445 g/mol. The number of rotatable bonds is 4. The Morgan fingerprint density at radius 3 is 2.57 bits per heavy atom. The number of non-ortho nitro benzene ring substituents is 1. The summed E-state index contributed by atoms with van der Waals surface area (Å²) in [6.45, 7) is 0. The molecule has 120 valence electrons. The van der Waals surface area contributed by atoms with Crippen molar-refractivity contribution in [1.29, 1.82) is 0 Å². The first-order valence-electron chi connectivity index (χ1n) is 6.51. The number of nitro groups is 1. The van der Waals surface area contributed by atoms with Gasteiger partial charge in [0.15, 0.2) is 0 Å². The number of anilines is 2. The number of amides is 1. The zero-order valence-corrected chi connectivity index (χ0v) is 15.3. The SMILES string of the molecule is CN(C)c1ccc(Cl)cc1NC(=O)c1cc([N+](=O)[O-])ccc1I. The van der Waals surface area contributed by atoms with E-state index in [1.165, 1.54) is 12.1 Å². The number of nitro benzene ring substituents is 1. The van der Waals surface area contributed by atoms with Crippen LogP contribution in [0.5, 0.6) is 0 Å². The molecule has 0 saturated heterocycles. The quantitative estimate of drug-likeness (QED) is 0.435. The van der Waals surface area contributed by atoms with Crippen molar-refractivity contribution in [3.63, 3.8) is 0 Å². The fourth-order valence-electron chi connectivity index (χ4n) is 1.99. The molecule has 0 aliphatic rings. The van der Waals surface area contributed by atoms with E-state index < -0.39 is 10.8 Å². The van der Waals surface area contributed by atoms with Crippen LogP contribution >= 0.6 is 34.2 Å². The van der Waals surface area contributed by atoms with Crippen molar-refractivity contribution in [1.82, 2.24) is 0 Å². The highest BCUT2D eigenvalue weighted by molar-refractivity contribution is 14.1. The molecule has 0 unspecified atom stereocenters. The molecule has 0 saturated carbocycles. The molecule has 0 heterocycles. The second-order valence-electron chi connectivity index (χ2n) is 4.93. The van der Waals surface area contributed by atoms with E-state index in [-0.39, 0.29) is 11.3 Å². The molecule has 2 rings (SSSR count).